The summed E-state index contributed by atoms with van der Waals surface area (Å²) in [5, 5.41) is 0. The van der Waals surface area contributed by atoms with Crippen molar-refractivity contribution in [3.8, 4) is 0 Å². The maximum Gasteiger partial charge on any atom is 0.123 e. The smallest absolute Gasteiger partial charge is 0.123 e. The van der Waals surface area contributed by atoms with Gasteiger partial charge in [-0.05, 0) is 35.7 Å². The molecule has 4 heteroatoms. The van der Waals surface area contributed by atoms with Gasteiger partial charge in [-0.25, -0.2) is 4.39 Å². The van der Waals surface area contributed by atoms with Gasteiger partial charge in [-0.3, -0.25) is 0 Å². The molecule has 2 unspecified atom stereocenters. The number of halogens is 2. The molecule has 2 aromatic rings. The third kappa shape index (κ3) is 4.37. The molecule has 0 aromatic heterocycles. The van der Waals surface area contributed by atoms with Crippen molar-refractivity contribution < 1.29 is 9.13 Å². The molecule has 0 saturated heterocycles. The average Bonchev–Trinajstić information content (AvgIpc) is 2.50. The van der Waals surface area contributed by atoms with Crippen LogP contribution in [0.3, 0.4) is 0 Å². The number of hydrogen-bond donors (Lipinski definition) is 1. The van der Waals surface area contributed by atoms with Gasteiger partial charge in [0.15, 0.2) is 0 Å². The zero-order valence-corrected chi connectivity index (χ0v) is 13.5. The minimum Gasteiger partial charge on any atom is -0.367 e. The highest BCUT2D eigenvalue weighted by atomic mass is 79.9. The molecule has 0 saturated carbocycles. The topological polar surface area (TPSA) is 35.2 Å². The summed E-state index contributed by atoms with van der Waals surface area (Å²) in [6.07, 6.45) is 0.542. The van der Waals surface area contributed by atoms with Crippen LogP contribution in [0.4, 0.5) is 4.39 Å². The third-order valence-corrected chi connectivity index (χ3v) is 4.21. The number of nitrogens with two attached hydrogens (primary N) is 1. The van der Waals surface area contributed by atoms with E-state index in [2.05, 4.69) is 15.9 Å². The summed E-state index contributed by atoms with van der Waals surface area (Å²) in [5.74, 6) is -0.256. The molecule has 0 bridgehead atoms. The zero-order chi connectivity index (χ0) is 15.2. The average molecular weight is 352 g/mol. The summed E-state index contributed by atoms with van der Waals surface area (Å²) < 4.78 is 20.1. The first-order valence-electron chi connectivity index (χ1n) is 6.98. The summed E-state index contributed by atoms with van der Waals surface area (Å²) in [6, 6.07) is 14.1. The summed E-state index contributed by atoms with van der Waals surface area (Å²) in [6.45, 7) is 2.47. The van der Waals surface area contributed by atoms with Crippen molar-refractivity contribution in [1.29, 1.82) is 0 Å². The van der Waals surface area contributed by atoms with Crippen molar-refractivity contribution in [2.24, 2.45) is 5.73 Å². The second-order valence-electron chi connectivity index (χ2n) is 4.95. The van der Waals surface area contributed by atoms with Gasteiger partial charge in [0.1, 0.15) is 5.82 Å². The highest BCUT2D eigenvalue weighted by Crippen LogP contribution is 2.25. The molecule has 2 rings (SSSR count). The minimum atomic E-state index is -0.256. The lowest BCUT2D eigenvalue weighted by Gasteiger charge is -2.24. The second-order valence-corrected chi connectivity index (χ2v) is 5.80. The van der Waals surface area contributed by atoms with Crippen LogP contribution in [0, 0.1) is 5.82 Å². The summed E-state index contributed by atoms with van der Waals surface area (Å²) in [7, 11) is 0. The molecule has 2 N–H and O–H groups in total. The summed E-state index contributed by atoms with van der Waals surface area (Å²) >= 11 is 3.51. The third-order valence-electron chi connectivity index (χ3n) is 3.44. The minimum absolute atomic E-state index is 0.127. The molecule has 0 aliphatic heterocycles. The molecule has 0 spiro atoms. The fraction of sp³-hybridized carbons (Fsp3) is 0.294. The molecule has 0 amide bonds. The van der Waals surface area contributed by atoms with Crippen LogP contribution in [0.2, 0.25) is 0 Å². The number of benzene rings is 2. The Morgan fingerprint density at radius 2 is 1.81 bits per heavy atom. The Kier molecular flexibility index (Phi) is 5.91. The second kappa shape index (κ2) is 7.69. The van der Waals surface area contributed by atoms with E-state index in [1.54, 1.807) is 12.1 Å². The maximum absolute atomic E-state index is 13.1. The molecule has 0 fully saturated rings. The fourth-order valence-electron chi connectivity index (χ4n) is 2.13. The van der Waals surface area contributed by atoms with Gasteiger partial charge < -0.3 is 10.5 Å². The van der Waals surface area contributed by atoms with Gasteiger partial charge in [-0.15, -0.1) is 0 Å². The van der Waals surface area contributed by atoms with E-state index in [-0.39, 0.29) is 18.0 Å². The van der Waals surface area contributed by atoms with Crippen molar-refractivity contribution in [3.05, 3.63) is 69.9 Å². The summed E-state index contributed by atoms with van der Waals surface area (Å²) in [5.41, 5.74) is 8.12. The Morgan fingerprint density at radius 1 is 1.14 bits per heavy atom. The first-order valence-corrected chi connectivity index (χ1v) is 7.77. The van der Waals surface area contributed by atoms with Crippen molar-refractivity contribution in [2.75, 3.05) is 0 Å². The Hall–Kier alpha value is -1.23. The Labute approximate surface area is 133 Å². The SMILES string of the molecule is CCC(N)C(OCc1ccccc1Br)c1ccc(F)cc1. The lowest BCUT2D eigenvalue weighted by atomic mass is 10.0. The molecule has 0 aliphatic rings. The van der Waals surface area contributed by atoms with Gasteiger partial charge >= 0.3 is 0 Å². The molecule has 2 atom stereocenters. The van der Waals surface area contributed by atoms with Crippen LogP contribution in [0.1, 0.15) is 30.6 Å². The Bertz CT molecular complexity index is 573. The van der Waals surface area contributed by atoms with Gasteiger partial charge in [0, 0.05) is 10.5 Å². The van der Waals surface area contributed by atoms with E-state index >= 15 is 0 Å². The van der Waals surface area contributed by atoms with E-state index in [1.807, 2.05) is 31.2 Å². The lowest BCUT2D eigenvalue weighted by Crippen LogP contribution is -2.29. The number of ether oxygens (including phenoxy) is 1. The first-order chi connectivity index (χ1) is 10.1. The molecule has 2 nitrogen and oxygen atoms in total. The highest BCUT2D eigenvalue weighted by molar-refractivity contribution is 9.10. The van der Waals surface area contributed by atoms with Crippen molar-refractivity contribution >= 4 is 15.9 Å². The zero-order valence-electron chi connectivity index (χ0n) is 11.9. The first kappa shape index (κ1) is 16.1. The van der Waals surface area contributed by atoms with E-state index in [9.17, 15) is 4.39 Å². The summed E-state index contributed by atoms with van der Waals surface area (Å²) in [4.78, 5) is 0. The maximum atomic E-state index is 13.1. The van der Waals surface area contributed by atoms with Crippen LogP contribution in [-0.2, 0) is 11.3 Å². The van der Waals surface area contributed by atoms with Gasteiger partial charge in [-0.2, -0.15) is 0 Å². The van der Waals surface area contributed by atoms with E-state index in [4.69, 9.17) is 10.5 Å². The van der Waals surface area contributed by atoms with Crippen LogP contribution in [0.25, 0.3) is 0 Å². The monoisotopic (exact) mass is 351 g/mol. The van der Waals surface area contributed by atoms with Crippen LogP contribution in [0.5, 0.6) is 0 Å². The van der Waals surface area contributed by atoms with Gasteiger partial charge in [-0.1, -0.05) is 53.2 Å². The van der Waals surface area contributed by atoms with Gasteiger partial charge in [0.2, 0.25) is 0 Å². The molecule has 0 heterocycles. The van der Waals surface area contributed by atoms with E-state index in [1.165, 1.54) is 12.1 Å². The quantitative estimate of drug-likeness (QED) is 0.826. The molecule has 0 radical (unpaired) electrons. The van der Waals surface area contributed by atoms with Gasteiger partial charge in [0.05, 0.1) is 12.7 Å². The lowest BCUT2D eigenvalue weighted by molar-refractivity contribution is 0.0209. The predicted octanol–water partition coefficient (Wildman–Crippen LogP) is 4.58. The fourth-order valence-corrected chi connectivity index (χ4v) is 2.53. The largest absolute Gasteiger partial charge is 0.367 e. The van der Waals surface area contributed by atoms with Crippen LogP contribution >= 0.6 is 15.9 Å². The van der Waals surface area contributed by atoms with Crippen molar-refractivity contribution in [3.63, 3.8) is 0 Å². The molecule has 0 aliphatic carbocycles. The Balaban J connectivity index is 2.14. The van der Waals surface area contributed by atoms with Crippen LogP contribution < -0.4 is 5.73 Å². The number of hydrogen-bond acceptors (Lipinski definition) is 2. The number of rotatable bonds is 6. The molecular weight excluding hydrogens is 333 g/mol. The van der Waals surface area contributed by atoms with E-state index in [0.29, 0.717) is 6.61 Å². The normalized spacial score (nSPS) is 13.9. The van der Waals surface area contributed by atoms with Crippen molar-refractivity contribution in [1.82, 2.24) is 0 Å². The molecule has 112 valence electrons. The highest BCUT2D eigenvalue weighted by Gasteiger charge is 2.19. The van der Waals surface area contributed by atoms with Crippen LogP contribution in [-0.4, -0.2) is 6.04 Å². The molecule has 2 aromatic carbocycles. The standard InChI is InChI=1S/C17H19BrFNO/c1-2-16(20)17(12-7-9-14(19)10-8-12)21-11-13-5-3-4-6-15(13)18/h3-10,16-17H,2,11,20H2,1H3. The predicted molar refractivity (Wildman–Crippen MR) is 86.3 cm³/mol. The van der Waals surface area contributed by atoms with E-state index < -0.39 is 0 Å². The van der Waals surface area contributed by atoms with Gasteiger partial charge in [0.25, 0.3) is 0 Å². The van der Waals surface area contributed by atoms with Crippen molar-refractivity contribution in [2.45, 2.75) is 32.1 Å². The molecular formula is C17H19BrFNO. The van der Waals surface area contributed by atoms with E-state index in [0.717, 1.165) is 22.0 Å². The Morgan fingerprint density at radius 3 is 2.43 bits per heavy atom. The molecule has 21 heavy (non-hydrogen) atoms. The van der Waals surface area contributed by atoms with Crippen LogP contribution in [0.15, 0.2) is 53.0 Å².